The molecule has 7 nitrogen and oxygen atoms in total. The van der Waals surface area contributed by atoms with Gasteiger partial charge in [0.2, 0.25) is 5.89 Å². The molecule has 0 aliphatic heterocycles. The van der Waals surface area contributed by atoms with Gasteiger partial charge in [-0.15, -0.1) is 0 Å². The van der Waals surface area contributed by atoms with E-state index in [1.807, 2.05) is 32.0 Å². The number of nitrogens with zero attached hydrogens (tertiary/aromatic N) is 2. The van der Waals surface area contributed by atoms with E-state index in [0.29, 0.717) is 12.5 Å². The number of nitrogens with one attached hydrogen (secondary N) is 1. The summed E-state index contributed by atoms with van der Waals surface area (Å²) in [7, 11) is 1.28. The Bertz CT molecular complexity index is 798. The molecule has 0 aliphatic rings. The third-order valence-electron chi connectivity index (χ3n) is 4.29. The molecular formula is C20H27N3O4. The van der Waals surface area contributed by atoms with Crippen LogP contribution in [0.15, 0.2) is 28.9 Å². The molecule has 0 aliphatic carbocycles. The second-order valence-electron chi connectivity index (χ2n) is 6.95. The van der Waals surface area contributed by atoms with Gasteiger partial charge >= 0.3 is 12.0 Å². The lowest BCUT2D eigenvalue weighted by Gasteiger charge is -2.23. The SMILES string of the molecule is COC(=O)c1coc(CN(CCC(C)C)C(=O)Nc2ccc(C)c(C)c2)n1. The number of oxazole rings is 1. The van der Waals surface area contributed by atoms with Gasteiger partial charge in [-0.3, -0.25) is 0 Å². The molecule has 146 valence electrons. The Labute approximate surface area is 159 Å². The molecule has 0 saturated heterocycles. The number of methoxy groups -OCH3 is 1. The van der Waals surface area contributed by atoms with Crippen LogP contribution in [0.5, 0.6) is 0 Å². The van der Waals surface area contributed by atoms with Crippen LogP contribution in [0.4, 0.5) is 10.5 Å². The predicted octanol–water partition coefficient (Wildman–Crippen LogP) is 4.16. The number of hydrogen-bond acceptors (Lipinski definition) is 5. The molecule has 0 atom stereocenters. The van der Waals surface area contributed by atoms with Crippen molar-refractivity contribution in [1.29, 1.82) is 0 Å². The van der Waals surface area contributed by atoms with E-state index in [4.69, 9.17) is 4.42 Å². The van der Waals surface area contributed by atoms with E-state index in [-0.39, 0.29) is 24.2 Å². The number of aryl methyl sites for hydroxylation is 2. The van der Waals surface area contributed by atoms with Crippen molar-refractivity contribution >= 4 is 17.7 Å². The molecule has 2 amide bonds. The lowest BCUT2D eigenvalue weighted by Crippen LogP contribution is -2.36. The van der Waals surface area contributed by atoms with Crippen molar-refractivity contribution in [3.05, 3.63) is 47.2 Å². The minimum absolute atomic E-state index is 0.0888. The molecule has 0 unspecified atom stereocenters. The molecule has 1 aromatic carbocycles. The molecule has 2 rings (SSSR count). The molecule has 0 fully saturated rings. The van der Waals surface area contributed by atoms with Gasteiger partial charge in [-0.2, -0.15) is 0 Å². The first-order chi connectivity index (χ1) is 12.8. The van der Waals surface area contributed by atoms with Crippen LogP contribution in [0.25, 0.3) is 0 Å². The highest BCUT2D eigenvalue weighted by Gasteiger charge is 2.19. The van der Waals surface area contributed by atoms with Crippen LogP contribution < -0.4 is 5.32 Å². The molecule has 27 heavy (non-hydrogen) atoms. The van der Waals surface area contributed by atoms with Gasteiger partial charge in [0.25, 0.3) is 0 Å². The van der Waals surface area contributed by atoms with Gasteiger partial charge in [-0.1, -0.05) is 19.9 Å². The van der Waals surface area contributed by atoms with Gasteiger partial charge in [-0.05, 0) is 49.4 Å². The third-order valence-corrected chi connectivity index (χ3v) is 4.29. The predicted molar refractivity (Wildman–Crippen MR) is 103 cm³/mol. The zero-order valence-corrected chi connectivity index (χ0v) is 16.5. The smallest absolute Gasteiger partial charge is 0.360 e. The largest absolute Gasteiger partial charge is 0.464 e. The fraction of sp³-hybridized carbons (Fsp3) is 0.450. The van der Waals surface area contributed by atoms with Crippen LogP contribution in [0, 0.1) is 19.8 Å². The van der Waals surface area contributed by atoms with Crippen molar-refractivity contribution in [2.24, 2.45) is 5.92 Å². The Morgan fingerprint density at radius 2 is 2.00 bits per heavy atom. The van der Waals surface area contributed by atoms with Crippen LogP contribution in [-0.4, -0.2) is 35.5 Å². The Morgan fingerprint density at radius 1 is 1.26 bits per heavy atom. The standard InChI is InChI=1S/C20H27N3O4/c1-13(2)8-9-23(11-18-22-17(12-27-18)19(24)26-5)20(25)21-16-7-6-14(3)15(4)10-16/h6-7,10,12-13H,8-9,11H2,1-5H3,(H,21,25). The van der Waals surface area contributed by atoms with Crippen LogP contribution in [0.1, 0.15) is 47.8 Å². The number of hydrogen-bond donors (Lipinski definition) is 1. The van der Waals surface area contributed by atoms with E-state index in [9.17, 15) is 9.59 Å². The second kappa shape index (κ2) is 9.21. The summed E-state index contributed by atoms with van der Waals surface area (Å²) in [5.74, 6) is 0.157. The highest BCUT2D eigenvalue weighted by molar-refractivity contribution is 5.89. The van der Waals surface area contributed by atoms with E-state index in [0.717, 1.165) is 17.7 Å². The maximum Gasteiger partial charge on any atom is 0.360 e. The monoisotopic (exact) mass is 373 g/mol. The maximum absolute atomic E-state index is 12.8. The van der Waals surface area contributed by atoms with Crippen molar-refractivity contribution in [1.82, 2.24) is 9.88 Å². The minimum Gasteiger partial charge on any atom is -0.464 e. The molecule has 2 aromatic rings. The van der Waals surface area contributed by atoms with Gasteiger partial charge in [0.05, 0.1) is 13.7 Å². The Hall–Kier alpha value is -2.83. The Kier molecular flexibility index (Phi) is 6.98. The number of ether oxygens (including phenoxy) is 1. The van der Waals surface area contributed by atoms with Crippen molar-refractivity contribution in [3.63, 3.8) is 0 Å². The molecule has 0 radical (unpaired) electrons. The van der Waals surface area contributed by atoms with Crippen LogP contribution >= 0.6 is 0 Å². The average molecular weight is 373 g/mol. The summed E-state index contributed by atoms with van der Waals surface area (Å²) in [6.45, 7) is 8.94. The molecular weight excluding hydrogens is 346 g/mol. The van der Waals surface area contributed by atoms with Crippen LogP contribution in [-0.2, 0) is 11.3 Å². The van der Waals surface area contributed by atoms with Gasteiger partial charge in [0.15, 0.2) is 5.69 Å². The van der Waals surface area contributed by atoms with E-state index >= 15 is 0 Å². The third kappa shape index (κ3) is 5.84. The van der Waals surface area contributed by atoms with E-state index in [2.05, 4.69) is 28.9 Å². The topological polar surface area (TPSA) is 84.7 Å². The number of carbonyl (C=O) groups excluding carboxylic acids is 2. The number of carbonyl (C=O) groups is 2. The fourth-order valence-corrected chi connectivity index (χ4v) is 2.43. The van der Waals surface area contributed by atoms with Crippen LogP contribution in [0.2, 0.25) is 0 Å². The highest BCUT2D eigenvalue weighted by Crippen LogP contribution is 2.16. The quantitative estimate of drug-likeness (QED) is 0.737. The van der Waals surface area contributed by atoms with Gasteiger partial charge in [-0.25, -0.2) is 14.6 Å². The average Bonchev–Trinajstić information content (AvgIpc) is 3.09. The molecule has 1 aromatic heterocycles. The number of anilines is 1. The molecule has 7 heteroatoms. The normalized spacial score (nSPS) is 10.7. The zero-order valence-electron chi connectivity index (χ0n) is 16.5. The number of urea groups is 1. The zero-order chi connectivity index (χ0) is 20.0. The summed E-state index contributed by atoms with van der Waals surface area (Å²) in [5.41, 5.74) is 3.10. The summed E-state index contributed by atoms with van der Waals surface area (Å²) >= 11 is 0. The molecule has 0 saturated carbocycles. The molecule has 0 bridgehead atoms. The van der Waals surface area contributed by atoms with Gasteiger partial charge in [0.1, 0.15) is 6.26 Å². The Morgan fingerprint density at radius 3 is 2.63 bits per heavy atom. The van der Waals surface area contributed by atoms with Crippen molar-refractivity contribution in [2.75, 3.05) is 19.0 Å². The minimum atomic E-state index is -0.571. The number of esters is 1. The first-order valence-electron chi connectivity index (χ1n) is 8.96. The number of aromatic nitrogens is 1. The first kappa shape index (κ1) is 20.5. The number of benzene rings is 1. The fourth-order valence-electron chi connectivity index (χ4n) is 2.43. The lowest BCUT2D eigenvalue weighted by molar-refractivity contribution is 0.0594. The van der Waals surface area contributed by atoms with E-state index in [1.54, 1.807) is 4.90 Å². The molecule has 1 N–H and O–H groups in total. The summed E-state index contributed by atoms with van der Waals surface area (Å²) in [4.78, 5) is 30.0. The van der Waals surface area contributed by atoms with Crippen LogP contribution in [0.3, 0.4) is 0 Å². The number of amides is 2. The van der Waals surface area contributed by atoms with Gasteiger partial charge < -0.3 is 19.4 Å². The van der Waals surface area contributed by atoms with Gasteiger partial charge in [0, 0.05) is 12.2 Å². The van der Waals surface area contributed by atoms with E-state index in [1.165, 1.54) is 18.9 Å². The summed E-state index contributed by atoms with van der Waals surface area (Å²) in [5, 5.41) is 2.92. The van der Waals surface area contributed by atoms with Crippen molar-refractivity contribution in [3.8, 4) is 0 Å². The summed E-state index contributed by atoms with van der Waals surface area (Å²) in [6.07, 6.45) is 2.08. The maximum atomic E-state index is 12.8. The second-order valence-corrected chi connectivity index (χ2v) is 6.95. The first-order valence-corrected chi connectivity index (χ1v) is 8.96. The summed E-state index contributed by atoms with van der Waals surface area (Å²) < 4.78 is 9.95. The highest BCUT2D eigenvalue weighted by atomic mass is 16.5. The summed E-state index contributed by atoms with van der Waals surface area (Å²) in [6, 6.07) is 5.55. The lowest BCUT2D eigenvalue weighted by atomic mass is 10.1. The Balaban J connectivity index is 2.12. The van der Waals surface area contributed by atoms with Crippen molar-refractivity contribution in [2.45, 2.75) is 40.7 Å². The molecule has 0 spiro atoms. The van der Waals surface area contributed by atoms with Crippen molar-refractivity contribution < 1.29 is 18.7 Å². The molecule has 1 heterocycles. The number of rotatable bonds is 7. The van der Waals surface area contributed by atoms with E-state index < -0.39 is 5.97 Å².